The van der Waals surface area contributed by atoms with Gasteiger partial charge in [-0.05, 0) is 73.1 Å². The van der Waals surface area contributed by atoms with Crippen LogP contribution in [0.2, 0.25) is 0 Å². The van der Waals surface area contributed by atoms with Crippen molar-refractivity contribution in [2.45, 2.75) is 64.8 Å². The lowest BCUT2D eigenvalue weighted by atomic mass is 9.46. The van der Waals surface area contributed by atoms with Gasteiger partial charge in [0.25, 0.3) is 0 Å². The van der Waals surface area contributed by atoms with E-state index in [0.717, 1.165) is 5.57 Å². The van der Waals surface area contributed by atoms with E-state index in [2.05, 4.69) is 0 Å². The van der Waals surface area contributed by atoms with Crippen molar-refractivity contribution in [1.82, 2.24) is 0 Å². The molecule has 0 aromatic rings. The van der Waals surface area contributed by atoms with Crippen molar-refractivity contribution in [1.29, 1.82) is 0 Å². The fraction of sp³-hybridized carbons (Fsp3) is 0.810. The van der Waals surface area contributed by atoms with Crippen LogP contribution >= 0.6 is 0 Å². The van der Waals surface area contributed by atoms with Crippen LogP contribution in [0.15, 0.2) is 11.6 Å². The summed E-state index contributed by atoms with van der Waals surface area (Å²) >= 11 is 0. The number of ketones is 2. The van der Waals surface area contributed by atoms with E-state index >= 15 is 0 Å². The molecule has 3 fully saturated rings. The van der Waals surface area contributed by atoms with Gasteiger partial charge in [0.15, 0.2) is 11.6 Å². The van der Waals surface area contributed by atoms with Crippen LogP contribution in [0.25, 0.3) is 0 Å². The summed E-state index contributed by atoms with van der Waals surface area (Å²) in [5.74, 6) is -3.92. The highest BCUT2D eigenvalue weighted by atomic mass is 16.3. The quantitative estimate of drug-likeness (QED) is 0.803. The Hall–Kier alpha value is -1.00. The van der Waals surface area contributed by atoms with Crippen molar-refractivity contribution in [3.63, 3.8) is 0 Å². The molecule has 0 bridgehead atoms. The zero-order valence-electron chi connectivity index (χ0n) is 19.0. The minimum atomic E-state index is -2.77. The van der Waals surface area contributed by atoms with Crippen LogP contribution in [0.4, 0.5) is 0 Å². The topological polar surface area (TPSA) is 74.6 Å². The molecule has 3 saturated carbocycles. The lowest BCUT2D eigenvalue weighted by Crippen LogP contribution is -2.57. The predicted octanol–water partition coefficient (Wildman–Crippen LogP) is 2.67. The van der Waals surface area contributed by atoms with Crippen molar-refractivity contribution >= 4 is 11.6 Å². The molecule has 0 saturated heterocycles. The summed E-state index contributed by atoms with van der Waals surface area (Å²) in [6.45, 7) is 2.73. The summed E-state index contributed by atoms with van der Waals surface area (Å²) in [6, 6.07) is 0. The molecule has 0 spiro atoms. The molecule has 0 aromatic carbocycles. The molecule has 25 heavy (non-hydrogen) atoms. The van der Waals surface area contributed by atoms with Gasteiger partial charge in [-0.2, -0.15) is 0 Å². The first kappa shape index (κ1) is 13.2. The van der Waals surface area contributed by atoms with Gasteiger partial charge < -0.3 is 10.2 Å². The summed E-state index contributed by atoms with van der Waals surface area (Å²) in [5, 5.41) is 21.0. The second-order valence-electron chi connectivity index (χ2n) is 8.64. The van der Waals surface area contributed by atoms with Gasteiger partial charge >= 0.3 is 0 Å². The number of hydrogen-bond donors (Lipinski definition) is 2. The first-order valence-electron chi connectivity index (χ1n) is 11.4. The number of carbonyl (C=O) groups excluding carboxylic acids is 2. The fourth-order valence-corrected chi connectivity index (χ4v) is 6.25. The van der Waals surface area contributed by atoms with E-state index in [0.29, 0.717) is 32.1 Å². The standard InChI is InChI=1S/C21H30O4/c1-20-8-7-13(23)9-12(20)3-4-14-15-5-6-16(18(25)11-22)21(15,2)10-17(24)19(14)20/h9,14-17,19,22,24H,3-8,10-11H2,1-2H3/t14-,15-,16+,17+,19+,20-,21-/m0/s1/i10D2,17D,19D. The van der Waals surface area contributed by atoms with Crippen molar-refractivity contribution in [2.24, 2.45) is 34.5 Å². The number of fused-ring (bicyclic) bond motifs is 5. The Labute approximate surface area is 155 Å². The van der Waals surface area contributed by atoms with Crippen molar-refractivity contribution < 1.29 is 25.3 Å². The molecule has 2 N–H and O–H groups in total. The van der Waals surface area contributed by atoms with Gasteiger partial charge in [0, 0.05) is 16.5 Å². The Morgan fingerprint density at radius 1 is 1.36 bits per heavy atom. The Morgan fingerprint density at radius 2 is 2.12 bits per heavy atom. The van der Waals surface area contributed by atoms with Crippen LogP contribution in [-0.2, 0) is 9.59 Å². The first-order chi connectivity index (χ1) is 13.3. The van der Waals surface area contributed by atoms with Crippen LogP contribution in [0.5, 0.6) is 0 Å². The molecule has 138 valence electrons. The lowest BCUT2D eigenvalue weighted by molar-refractivity contribution is -0.146. The number of aliphatic hydroxyl groups excluding tert-OH is 1. The van der Waals surface area contributed by atoms with E-state index in [9.17, 15) is 21.2 Å². The summed E-state index contributed by atoms with van der Waals surface area (Å²) < 4.78 is 36.3. The van der Waals surface area contributed by atoms with E-state index < -0.39 is 53.4 Å². The van der Waals surface area contributed by atoms with Crippen LogP contribution in [0.1, 0.15) is 64.2 Å². The maximum atomic E-state index is 12.5. The zero-order chi connectivity index (χ0) is 21.6. The van der Waals surface area contributed by atoms with Crippen molar-refractivity contribution in [2.75, 3.05) is 6.61 Å². The SMILES string of the molecule is [2H]C1([2H])[C@]2(C)[C@@H](C(=O)CO)CC[C@H]2[C@@H]2CCC3=CC(=O)CC[C@]3(C)[C@@]2([2H])[C@]1([2H])O. The highest BCUT2D eigenvalue weighted by molar-refractivity contribution is 5.91. The number of Topliss-reactive ketones (excluding diaryl/α,β-unsaturated/α-hetero) is 1. The number of allylic oxidation sites excluding steroid dienone is 1. The Bertz CT molecular complexity index is 809. The molecular formula is C21H30O4. The van der Waals surface area contributed by atoms with Crippen LogP contribution in [0, 0.1) is 34.5 Å². The molecule has 4 heteroatoms. The molecule has 4 aliphatic rings. The molecular weight excluding hydrogens is 316 g/mol. The molecule has 0 aromatic heterocycles. The van der Waals surface area contributed by atoms with E-state index in [-0.39, 0.29) is 18.1 Å². The number of carbonyl (C=O) groups is 2. The highest BCUT2D eigenvalue weighted by Gasteiger charge is 2.62. The predicted molar refractivity (Wildman–Crippen MR) is 93.7 cm³/mol. The third-order valence-corrected chi connectivity index (χ3v) is 7.54. The minimum Gasteiger partial charge on any atom is -0.393 e. The van der Waals surface area contributed by atoms with Gasteiger partial charge in [-0.1, -0.05) is 19.4 Å². The molecule has 0 aliphatic heterocycles. The molecule has 0 unspecified atom stereocenters. The van der Waals surface area contributed by atoms with Gasteiger partial charge in [-0.3, -0.25) is 9.59 Å². The molecule has 0 radical (unpaired) electrons. The van der Waals surface area contributed by atoms with Gasteiger partial charge in [0.2, 0.25) is 0 Å². The third-order valence-electron chi connectivity index (χ3n) is 7.54. The summed E-state index contributed by atoms with van der Waals surface area (Å²) in [6.07, 6.45) is -1.25. The molecule has 0 heterocycles. The largest absolute Gasteiger partial charge is 0.393 e. The normalized spacial score (nSPS) is 59.3. The zero-order valence-corrected chi connectivity index (χ0v) is 15.0. The maximum absolute atomic E-state index is 12.5. The molecule has 4 nitrogen and oxygen atoms in total. The highest BCUT2D eigenvalue weighted by Crippen LogP contribution is 2.66. The smallest absolute Gasteiger partial charge is 0.161 e. The maximum Gasteiger partial charge on any atom is 0.161 e. The molecule has 4 rings (SSSR count). The second kappa shape index (κ2) is 5.75. The lowest BCUT2D eigenvalue weighted by Gasteiger charge is -2.59. The minimum absolute atomic E-state index is 0.0221. The molecule has 7 atom stereocenters. The summed E-state index contributed by atoms with van der Waals surface area (Å²) in [5.41, 5.74) is -1.57. The summed E-state index contributed by atoms with van der Waals surface area (Å²) in [7, 11) is 0. The Morgan fingerprint density at radius 3 is 2.84 bits per heavy atom. The average molecular weight is 350 g/mol. The fourth-order valence-electron chi connectivity index (χ4n) is 6.25. The Balaban J connectivity index is 1.93. The molecule has 0 amide bonds. The first-order valence-corrected chi connectivity index (χ1v) is 9.40. The number of hydrogen-bond acceptors (Lipinski definition) is 4. The average Bonchev–Trinajstić information content (AvgIpc) is 3.01. The van der Waals surface area contributed by atoms with Crippen molar-refractivity contribution in [3.05, 3.63) is 11.6 Å². The van der Waals surface area contributed by atoms with E-state index in [1.807, 2.05) is 0 Å². The van der Waals surface area contributed by atoms with Crippen LogP contribution in [0.3, 0.4) is 0 Å². The van der Waals surface area contributed by atoms with E-state index in [1.54, 1.807) is 19.9 Å². The number of aliphatic hydroxyl groups is 2. The van der Waals surface area contributed by atoms with E-state index in [4.69, 9.17) is 4.11 Å². The van der Waals surface area contributed by atoms with Crippen LogP contribution in [-0.4, -0.2) is 34.5 Å². The van der Waals surface area contributed by atoms with Crippen LogP contribution < -0.4 is 0 Å². The van der Waals surface area contributed by atoms with Gasteiger partial charge in [-0.25, -0.2) is 0 Å². The van der Waals surface area contributed by atoms with E-state index in [1.165, 1.54) is 0 Å². The second-order valence-corrected chi connectivity index (χ2v) is 8.64. The summed E-state index contributed by atoms with van der Waals surface area (Å²) in [4.78, 5) is 24.5. The third kappa shape index (κ3) is 2.33. The number of rotatable bonds is 2. The van der Waals surface area contributed by atoms with Gasteiger partial charge in [0.1, 0.15) is 6.61 Å². The molecule has 4 aliphatic carbocycles. The van der Waals surface area contributed by atoms with Gasteiger partial charge in [-0.15, -0.1) is 0 Å². The van der Waals surface area contributed by atoms with Gasteiger partial charge in [0.05, 0.1) is 7.45 Å². The van der Waals surface area contributed by atoms with Crippen molar-refractivity contribution in [3.8, 4) is 0 Å². The Kier molecular flexibility index (Phi) is 3.04. The monoisotopic (exact) mass is 350 g/mol.